The number of hydrogen-bond donors (Lipinski definition) is 2. The Morgan fingerprint density at radius 1 is 0.864 bits per heavy atom. The van der Waals surface area contributed by atoms with Crippen LogP contribution in [0.4, 0.5) is 0 Å². The number of aliphatic hydroxyl groups is 2. The Morgan fingerprint density at radius 2 is 1.41 bits per heavy atom. The Bertz CT molecular complexity index is 229. The molecule has 22 heavy (non-hydrogen) atoms. The van der Waals surface area contributed by atoms with Crippen LogP contribution in [-0.2, 0) is 19.1 Å². The van der Waals surface area contributed by atoms with Crippen LogP contribution in [0.3, 0.4) is 0 Å². The first-order valence-corrected chi connectivity index (χ1v) is 8.00. The Morgan fingerprint density at radius 3 is 1.68 bits per heavy atom. The number of unbranched alkanes of at least 4 members (excludes halogenated alkanes) is 2. The highest BCUT2D eigenvalue weighted by Gasteiger charge is 1.99. The lowest BCUT2D eigenvalue weighted by molar-refractivity contribution is -0.144. The summed E-state index contributed by atoms with van der Waals surface area (Å²) in [5, 5.41) is 16.4. The molecule has 0 aliphatic heterocycles. The summed E-state index contributed by atoms with van der Waals surface area (Å²) in [4.78, 5) is 20.6. The lowest BCUT2D eigenvalue weighted by Crippen LogP contribution is -2.06. The first-order chi connectivity index (χ1) is 10.5. The predicted octanol–water partition coefficient (Wildman–Crippen LogP) is 2.45. The van der Waals surface area contributed by atoms with Crippen molar-refractivity contribution >= 4 is 11.9 Å². The van der Waals surface area contributed by atoms with Crippen LogP contribution in [0.2, 0.25) is 0 Å². The Labute approximate surface area is 134 Å². The normalized spacial score (nSPS) is 8.82. The quantitative estimate of drug-likeness (QED) is 0.500. The largest absolute Gasteiger partial charge is 0.466 e. The van der Waals surface area contributed by atoms with E-state index in [1.165, 1.54) is 6.92 Å². The van der Waals surface area contributed by atoms with Gasteiger partial charge >= 0.3 is 11.9 Å². The summed E-state index contributed by atoms with van der Waals surface area (Å²) in [6.45, 7) is 8.66. The fourth-order valence-corrected chi connectivity index (χ4v) is 0.987. The minimum absolute atomic E-state index is 0.0584. The van der Waals surface area contributed by atoms with E-state index in [1.807, 2.05) is 6.92 Å². The van der Waals surface area contributed by atoms with Crippen LogP contribution in [0.15, 0.2) is 0 Å². The second kappa shape index (κ2) is 24.9. The zero-order valence-corrected chi connectivity index (χ0v) is 14.6. The van der Waals surface area contributed by atoms with Crippen LogP contribution in [-0.4, -0.2) is 48.6 Å². The van der Waals surface area contributed by atoms with E-state index in [0.717, 1.165) is 25.7 Å². The van der Waals surface area contributed by atoms with Gasteiger partial charge < -0.3 is 19.7 Å². The van der Waals surface area contributed by atoms with Crippen molar-refractivity contribution in [3.8, 4) is 0 Å². The van der Waals surface area contributed by atoms with Gasteiger partial charge in [-0.1, -0.05) is 26.7 Å². The summed E-state index contributed by atoms with van der Waals surface area (Å²) in [5.41, 5.74) is 0. The zero-order chi connectivity index (χ0) is 17.6. The molecule has 0 aromatic heterocycles. The van der Waals surface area contributed by atoms with Gasteiger partial charge in [0, 0.05) is 26.6 Å². The molecule has 0 spiro atoms. The third kappa shape index (κ3) is 36.4. The lowest BCUT2D eigenvalue weighted by atomic mass is 10.3. The number of carbonyl (C=O) groups excluding carboxylic acids is 2. The van der Waals surface area contributed by atoms with Gasteiger partial charge in [-0.15, -0.1) is 0 Å². The molecular weight excluding hydrogens is 288 g/mol. The van der Waals surface area contributed by atoms with Gasteiger partial charge in [-0.3, -0.25) is 9.59 Å². The van der Waals surface area contributed by atoms with Crippen molar-refractivity contribution in [2.24, 2.45) is 0 Å². The SMILES string of the molecule is CCCCO.CCCCOC(=O)CCCO.CCOC(C)=O. The number of ether oxygens (including phenoxy) is 2. The summed E-state index contributed by atoms with van der Waals surface area (Å²) in [7, 11) is 0. The highest BCUT2D eigenvalue weighted by molar-refractivity contribution is 5.69. The second-order valence-electron chi connectivity index (χ2n) is 4.40. The highest BCUT2D eigenvalue weighted by Crippen LogP contribution is 1.94. The number of rotatable bonds is 9. The molecule has 0 heterocycles. The van der Waals surface area contributed by atoms with Gasteiger partial charge in [0.25, 0.3) is 0 Å². The molecular formula is C16H34O6. The zero-order valence-electron chi connectivity index (χ0n) is 14.6. The fourth-order valence-electron chi connectivity index (χ4n) is 0.987. The fraction of sp³-hybridized carbons (Fsp3) is 0.875. The number of hydrogen-bond acceptors (Lipinski definition) is 6. The molecule has 0 fully saturated rings. The molecule has 6 nitrogen and oxygen atoms in total. The number of aliphatic hydroxyl groups excluding tert-OH is 2. The molecule has 134 valence electrons. The molecule has 0 radical (unpaired) electrons. The van der Waals surface area contributed by atoms with Crippen molar-refractivity contribution in [1.29, 1.82) is 0 Å². The van der Waals surface area contributed by atoms with Crippen LogP contribution in [0.25, 0.3) is 0 Å². The smallest absolute Gasteiger partial charge is 0.305 e. The van der Waals surface area contributed by atoms with Crippen molar-refractivity contribution < 1.29 is 29.3 Å². The van der Waals surface area contributed by atoms with Crippen LogP contribution >= 0.6 is 0 Å². The van der Waals surface area contributed by atoms with Crippen LogP contribution < -0.4 is 0 Å². The summed E-state index contributed by atoms with van der Waals surface area (Å²) >= 11 is 0. The first-order valence-electron chi connectivity index (χ1n) is 8.00. The Kier molecular flexibility index (Phi) is 29.1. The Balaban J connectivity index is -0.000000277. The molecule has 0 rings (SSSR count). The summed E-state index contributed by atoms with van der Waals surface area (Å²) in [6, 6.07) is 0. The van der Waals surface area contributed by atoms with E-state index < -0.39 is 0 Å². The molecule has 0 atom stereocenters. The standard InChI is InChI=1S/C8H16O3.C4H8O2.C4H10O/c1-2-3-7-11-8(10)5-4-6-9;1-3-6-4(2)5;1-2-3-4-5/h9H,2-7H2,1H3;3H2,1-2H3;5H,2-4H2,1H3. The predicted molar refractivity (Wildman–Crippen MR) is 86.5 cm³/mol. The maximum absolute atomic E-state index is 10.7. The average Bonchev–Trinajstić information content (AvgIpc) is 2.47. The van der Waals surface area contributed by atoms with Gasteiger partial charge in [0.1, 0.15) is 0 Å². The third-order valence-corrected chi connectivity index (χ3v) is 2.16. The van der Waals surface area contributed by atoms with Gasteiger partial charge in [-0.25, -0.2) is 0 Å². The van der Waals surface area contributed by atoms with Gasteiger partial charge in [0.15, 0.2) is 0 Å². The van der Waals surface area contributed by atoms with Gasteiger partial charge in [-0.05, 0) is 26.2 Å². The van der Waals surface area contributed by atoms with Crippen LogP contribution in [0.5, 0.6) is 0 Å². The highest BCUT2D eigenvalue weighted by atomic mass is 16.5. The Hall–Kier alpha value is -1.14. The van der Waals surface area contributed by atoms with Crippen LogP contribution in [0.1, 0.15) is 66.2 Å². The van der Waals surface area contributed by atoms with E-state index in [9.17, 15) is 9.59 Å². The first kappa shape index (κ1) is 25.8. The van der Waals surface area contributed by atoms with Crippen molar-refractivity contribution in [2.45, 2.75) is 66.2 Å². The van der Waals surface area contributed by atoms with Crippen molar-refractivity contribution in [2.75, 3.05) is 26.4 Å². The molecule has 0 unspecified atom stereocenters. The van der Waals surface area contributed by atoms with E-state index in [0.29, 0.717) is 32.7 Å². The molecule has 0 saturated heterocycles. The van der Waals surface area contributed by atoms with Gasteiger partial charge in [-0.2, -0.15) is 0 Å². The number of esters is 2. The molecule has 6 heteroatoms. The van der Waals surface area contributed by atoms with E-state index in [-0.39, 0.29) is 18.5 Å². The topological polar surface area (TPSA) is 93.1 Å². The van der Waals surface area contributed by atoms with Crippen LogP contribution in [0, 0.1) is 0 Å². The summed E-state index contributed by atoms with van der Waals surface area (Å²) in [6.07, 6.45) is 4.83. The number of carbonyl (C=O) groups is 2. The molecule has 0 aromatic rings. The van der Waals surface area contributed by atoms with Crippen molar-refractivity contribution in [3.63, 3.8) is 0 Å². The molecule has 0 aromatic carbocycles. The minimum Gasteiger partial charge on any atom is -0.466 e. The maximum Gasteiger partial charge on any atom is 0.305 e. The molecule has 0 aliphatic carbocycles. The molecule has 0 bridgehead atoms. The summed E-state index contributed by atoms with van der Waals surface area (Å²) < 4.78 is 9.24. The van der Waals surface area contributed by atoms with E-state index in [1.54, 1.807) is 6.92 Å². The van der Waals surface area contributed by atoms with Gasteiger partial charge in [0.05, 0.1) is 13.2 Å². The average molecular weight is 322 g/mol. The molecule has 0 saturated carbocycles. The van der Waals surface area contributed by atoms with E-state index in [2.05, 4.69) is 11.7 Å². The van der Waals surface area contributed by atoms with E-state index >= 15 is 0 Å². The minimum atomic E-state index is -0.211. The molecule has 2 N–H and O–H groups in total. The van der Waals surface area contributed by atoms with Crippen molar-refractivity contribution in [3.05, 3.63) is 0 Å². The maximum atomic E-state index is 10.7. The third-order valence-electron chi connectivity index (χ3n) is 2.16. The summed E-state index contributed by atoms with van der Waals surface area (Å²) in [5.74, 6) is -0.412. The lowest BCUT2D eigenvalue weighted by Gasteiger charge is -2.01. The molecule has 0 aliphatic rings. The molecule has 0 amide bonds. The second-order valence-corrected chi connectivity index (χ2v) is 4.40. The monoisotopic (exact) mass is 322 g/mol. The van der Waals surface area contributed by atoms with E-state index in [4.69, 9.17) is 14.9 Å². The van der Waals surface area contributed by atoms with Gasteiger partial charge in [0.2, 0.25) is 0 Å². The van der Waals surface area contributed by atoms with Crippen molar-refractivity contribution in [1.82, 2.24) is 0 Å².